The zero-order chi connectivity index (χ0) is 19.2. The number of carboxylic acid groups (broad SMARTS) is 1. The van der Waals surface area contributed by atoms with E-state index in [2.05, 4.69) is 10.6 Å². The molecule has 0 radical (unpaired) electrons. The van der Waals surface area contributed by atoms with Crippen molar-refractivity contribution in [3.05, 3.63) is 66.1 Å². The number of carbonyl (C=O) groups excluding carboxylic acids is 2. The first-order valence-electron chi connectivity index (χ1n) is 8.64. The number of amides is 2. The molecule has 7 heteroatoms. The highest BCUT2D eigenvalue weighted by Crippen LogP contribution is 2.28. The van der Waals surface area contributed by atoms with Gasteiger partial charge in [0.25, 0.3) is 5.91 Å². The normalized spacial score (nSPS) is 18.7. The Hall–Kier alpha value is -3.35. The molecule has 1 aliphatic rings. The fourth-order valence-electron chi connectivity index (χ4n) is 3.07. The molecule has 2 aromatic rings. The van der Waals surface area contributed by atoms with Crippen LogP contribution >= 0.6 is 0 Å². The summed E-state index contributed by atoms with van der Waals surface area (Å²) in [5, 5.41) is 14.8. The van der Waals surface area contributed by atoms with Gasteiger partial charge in [-0.15, -0.1) is 0 Å². The van der Waals surface area contributed by atoms with Gasteiger partial charge in [0.05, 0.1) is 35.9 Å². The third-order valence-corrected chi connectivity index (χ3v) is 4.52. The topological polar surface area (TPSA) is 109 Å². The van der Waals surface area contributed by atoms with Crippen LogP contribution in [0.5, 0.6) is 0 Å². The molecule has 3 rings (SSSR count). The van der Waals surface area contributed by atoms with Crippen molar-refractivity contribution < 1.29 is 23.9 Å². The van der Waals surface area contributed by atoms with Gasteiger partial charge in [0, 0.05) is 0 Å². The molecule has 1 aliphatic carbocycles. The highest BCUT2D eigenvalue weighted by molar-refractivity contribution is 6.04. The van der Waals surface area contributed by atoms with E-state index in [4.69, 9.17) is 4.42 Å². The van der Waals surface area contributed by atoms with Gasteiger partial charge in [-0.2, -0.15) is 0 Å². The summed E-state index contributed by atoms with van der Waals surface area (Å²) < 4.78 is 5.18. The molecule has 2 atom stereocenters. The molecule has 1 heterocycles. The highest BCUT2D eigenvalue weighted by Gasteiger charge is 2.34. The summed E-state index contributed by atoms with van der Waals surface area (Å²) in [5.41, 5.74) is 0.647. The van der Waals surface area contributed by atoms with Gasteiger partial charge < -0.3 is 20.2 Å². The zero-order valence-electron chi connectivity index (χ0n) is 14.6. The lowest BCUT2D eigenvalue weighted by Crippen LogP contribution is -2.35. The second kappa shape index (κ2) is 8.35. The summed E-state index contributed by atoms with van der Waals surface area (Å²) in [6.45, 7) is 0.225. The number of carboxylic acids is 1. The van der Waals surface area contributed by atoms with Crippen LogP contribution in [0.4, 0.5) is 5.69 Å². The summed E-state index contributed by atoms with van der Waals surface area (Å²) in [6.07, 6.45) is 5.78. The molecular weight excluding hydrogens is 348 g/mol. The lowest BCUT2D eigenvalue weighted by atomic mass is 9.82. The fourth-order valence-corrected chi connectivity index (χ4v) is 3.07. The number of hydrogen-bond acceptors (Lipinski definition) is 4. The number of para-hydroxylation sites is 1. The van der Waals surface area contributed by atoms with Gasteiger partial charge >= 0.3 is 5.97 Å². The molecule has 3 N–H and O–H groups in total. The lowest BCUT2D eigenvalue weighted by Gasteiger charge is -2.24. The third-order valence-electron chi connectivity index (χ3n) is 4.52. The van der Waals surface area contributed by atoms with Crippen molar-refractivity contribution >= 4 is 23.5 Å². The van der Waals surface area contributed by atoms with E-state index in [-0.39, 0.29) is 12.5 Å². The van der Waals surface area contributed by atoms with Gasteiger partial charge in [0.15, 0.2) is 0 Å². The van der Waals surface area contributed by atoms with Crippen molar-refractivity contribution in [3.8, 4) is 0 Å². The molecule has 0 saturated carbocycles. The maximum absolute atomic E-state index is 12.6. The maximum atomic E-state index is 12.6. The summed E-state index contributed by atoms with van der Waals surface area (Å²) in [4.78, 5) is 36.5. The average molecular weight is 368 g/mol. The second-order valence-corrected chi connectivity index (χ2v) is 6.29. The number of benzene rings is 1. The van der Waals surface area contributed by atoms with Gasteiger partial charge in [-0.3, -0.25) is 14.4 Å². The number of nitrogens with one attached hydrogen (secondary N) is 2. The number of aliphatic carboxylic acids is 1. The van der Waals surface area contributed by atoms with Crippen molar-refractivity contribution in [1.29, 1.82) is 0 Å². The van der Waals surface area contributed by atoms with Crippen LogP contribution < -0.4 is 10.6 Å². The molecule has 0 aliphatic heterocycles. The number of rotatable bonds is 6. The SMILES string of the molecule is O=C(NCc1ccco1)c1ccccc1NC(=O)[C@H]1CC=CC[C@@H]1C(=O)O. The molecule has 0 unspecified atom stereocenters. The van der Waals surface area contributed by atoms with Crippen LogP contribution in [0.15, 0.2) is 59.2 Å². The van der Waals surface area contributed by atoms with E-state index < -0.39 is 23.7 Å². The van der Waals surface area contributed by atoms with Crippen molar-refractivity contribution in [3.63, 3.8) is 0 Å². The quantitative estimate of drug-likeness (QED) is 0.680. The van der Waals surface area contributed by atoms with Crippen molar-refractivity contribution in [2.24, 2.45) is 11.8 Å². The van der Waals surface area contributed by atoms with E-state index in [1.165, 1.54) is 6.26 Å². The van der Waals surface area contributed by atoms with E-state index in [1.807, 2.05) is 6.08 Å². The number of carbonyl (C=O) groups is 3. The minimum absolute atomic E-state index is 0.225. The van der Waals surface area contributed by atoms with Gasteiger partial charge in [0.1, 0.15) is 5.76 Å². The highest BCUT2D eigenvalue weighted by atomic mass is 16.4. The van der Waals surface area contributed by atoms with Crippen LogP contribution in [0.2, 0.25) is 0 Å². The Bertz CT molecular complexity index is 857. The van der Waals surface area contributed by atoms with Crippen molar-refractivity contribution in [2.75, 3.05) is 5.32 Å². The summed E-state index contributed by atoms with van der Waals surface area (Å²) in [5.74, 6) is -2.59. The Labute approximate surface area is 156 Å². The Morgan fingerprint density at radius 1 is 1.04 bits per heavy atom. The van der Waals surface area contributed by atoms with E-state index in [0.717, 1.165) is 0 Å². The van der Waals surface area contributed by atoms with Crippen LogP contribution in [0.1, 0.15) is 29.0 Å². The number of anilines is 1. The van der Waals surface area contributed by atoms with Gasteiger partial charge in [0.2, 0.25) is 5.91 Å². The van der Waals surface area contributed by atoms with E-state index in [0.29, 0.717) is 29.9 Å². The first-order chi connectivity index (χ1) is 13.1. The monoisotopic (exact) mass is 368 g/mol. The number of furan rings is 1. The molecule has 7 nitrogen and oxygen atoms in total. The standard InChI is InChI=1S/C20H20N2O5/c23-18(21-12-13-6-5-11-27-13)16-9-3-4-10-17(16)22-19(24)14-7-1-2-8-15(14)20(25)26/h1-6,9-11,14-15H,7-8,12H2,(H,21,23)(H,22,24)(H,25,26)/t14-,15-/m0/s1. The van der Waals surface area contributed by atoms with Crippen LogP contribution in [0.25, 0.3) is 0 Å². The molecule has 0 spiro atoms. The minimum Gasteiger partial charge on any atom is -0.481 e. The smallest absolute Gasteiger partial charge is 0.307 e. The Balaban J connectivity index is 1.71. The van der Waals surface area contributed by atoms with Crippen LogP contribution in [-0.2, 0) is 16.1 Å². The third kappa shape index (κ3) is 4.44. The Kier molecular flexibility index (Phi) is 5.71. The van der Waals surface area contributed by atoms with Gasteiger partial charge in [-0.25, -0.2) is 0 Å². The first-order valence-corrected chi connectivity index (χ1v) is 8.64. The zero-order valence-corrected chi connectivity index (χ0v) is 14.6. The molecule has 0 saturated heterocycles. The molecule has 2 amide bonds. The fraction of sp³-hybridized carbons (Fsp3) is 0.250. The molecule has 0 bridgehead atoms. The molecule has 1 aromatic carbocycles. The average Bonchev–Trinajstić information content (AvgIpc) is 3.20. The molecule has 27 heavy (non-hydrogen) atoms. The largest absolute Gasteiger partial charge is 0.481 e. The summed E-state index contributed by atoms with van der Waals surface area (Å²) in [6, 6.07) is 10.1. The van der Waals surface area contributed by atoms with Crippen LogP contribution in [-0.4, -0.2) is 22.9 Å². The number of hydrogen-bond donors (Lipinski definition) is 3. The molecular formula is C20H20N2O5. The minimum atomic E-state index is -0.996. The second-order valence-electron chi connectivity index (χ2n) is 6.29. The van der Waals surface area contributed by atoms with Gasteiger partial charge in [-0.05, 0) is 37.1 Å². The van der Waals surface area contributed by atoms with E-state index in [1.54, 1.807) is 42.5 Å². The maximum Gasteiger partial charge on any atom is 0.307 e. The van der Waals surface area contributed by atoms with E-state index >= 15 is 0 Å². The van der Waals surface area contributed by atoms with E-state index in [9.17, 15) is 19.5 Å². The molecule has 1 aromatic heterocycles. The molecule has 0 fully saturated rings. The van der Waals surface area contributed by atoms with Crippen LogP contribution in [0.3, 0.4) is 0 Å². The number of allylic oxidation sites excluding steroid dienone is 2. The van der Waals surface area contributed by atoms with Crippen LogP contribution in [0, 0.1) is 11.8 Å². The summed E-state index contributed by atoms with van der Waals surface area (Å²) >= 11 is 0. The van der Waals surface area contributed by atoms with Crippen molar-refractivity contribution in [1.82, 2.24) is 5.32 Å². The molecule has 140 valence electrons. The van der Waals surface area contributed by atoms with Gasteiger partial charge in [-0.1, -0.05) is 24.3 Å². The first kappa shape index (κ1) is 18.4. The Morgan fingerprint density at radius 3 is 2.48 bits per heavy atom. The summed E-state index contributed by atoms with van der Waals surface area (Å²) in [7, 11) is 0. The predicted molar refractivity (Wildman–Crippen MR) is 97.9 cm³/mol. The Morgan fingerprint density at radius 2 is 1.78 bits per heavy atom. The van der Waals surface area contributed by atoms with Crippen molar-refractivity contribution in [2.45, 2.75) is 19.4 Å². The lowest BCUT2D eigenvalue weighted by molar-refractivity contribution is -0.146. The predicted octanol–water partition coefficient (Wildman–Crippen LogP) is 2.82.